The quantitative estimate of drug-likeness (QED) is 0.831. The molecular weight excluding hydrogens is 221 g/mol. The highest BCUT2D eigenvalue weighted by molar-refractivity contribution is 6.67. The number of rotatable bonds is 3. The van der Waals surface area contributed by atoms with Crippen molar-refractivity contribution >= 4 is 12.4 Å². The van der Waals surface area contributed by atoms with E-state index in [9.17, 15) is 0 Å². The predicted octanol–water partition coefficient (Wildman–Crippen LogP) is 2.62. The first-order valence-corrected chi connectivity index (χ1v) is 6.93. The summed E-state index contributed by atoms with van der Waals surface area (Å²) in [4.78, 5) is 0. The highest BCUT2D eigenvalue weighted by Crippen LogP contribution is 2.32. The Labute approximate surface area is 111 Å². The number of nitrogens with two attached hydrogens (primary N) is 1. The molecule has 1 unspecified atom stereocenters. The summed E-state index contributed by atoms with van der Waals surface area (Å²) in [6.07, 6.45) is 2.29. The van der Waals surface area contributed by atoms with E-state index >= 15 is 0 Å². The molecule has 2 nitrogen and oxygen atoms in total. The van der Waals surface area contributed by atoms with Crippen molar-refractivity contribution in [1.29, 1.82) is 0 Å². The maximum absolute atomic E-state index is 6.05. The Morgan fingerprint density at radius 3 is 2.67 bits per heavy atom. The van der Waals surface area contributed by atoms with E-state index in [1.54, 1.807) is 0 Å². The molecule has 1 aromatic rings. The average molecular weight is 245 g/mol. The summed E-state index contributed by atoms with van der Waals surface area (Å²) in [5, 5.41) is 0. The van der Waals surface area contributed by atoms with Crippen molar-refractivity contribution in [3.63, 3.8) is 0 Å². The molecule has 1 aliphatic rings. The van der Waals surface area contributed by atoms with Gasteiger partial charge < -0.3 is 10.4 Å². The Bertz CT molecular complexity index is 425. The van der Waals surface area contributed by atoms with Gasteiger partial charge in [0.15, 0.2) is 0 Å². The van der Waals surface area contributed by atoms with E-state index in [4.69, 9.17) is 10.4 Å². The van der Waals surface area contributed by atoms with Crippen LogP contribution in [-0.2, 0) is 10.1 Å². The van der Waals surface area contributed by atoms with E-state index in [0.29, 0.717) is 0 Å². The fraction of sp³-hybridized carbons (Fsp3) is 0.600. The van der Waals surface area contributed by atoms with E-state index in [1.165, 1.54) is 16.6 Å². The van der Waals surface area contributed by atoms with Crippen LogP contribution in [0.4, 0.5) is 0 Å². The van der Waals surface area contributed by atoms with Gasteiger partial charge in [-0.25, -0.2) is 0 Å². The zero-order valence-corrected chi connectivity index (χ0v) is 12.0. The minimum Gasteiger partial charge on any atom is -0.424 e. The zero-order valence-electron chi connectivity index (χ0n) is 12.0. The molecular formula is C15H24BNO. The molecule has 1 atom stereocenters. The SMILES string of the molecule is CB1OC(CCCN)c2cc(C(C)(C)C)ccc21. The lowest BCUT2D eigenvalue weighted by Crippen LogP contribution is -2.25. The van der Waals surface area contributed by atoms with Crippen LogP contribution in [0.25, 0.3) is 0 Å². The van der Waals surface area contributed by atoms with Crippen molar-refractivity contribution in [3.8, 4) is 0 Å². The molecule has 2 rings (SSSR count). The first-order valence-electron chi connectivity index (χ1n) is 6.93. The largest absolute Gasteiger partial charge is 0.424 e. The summed E-state index contributed by atoms with van der Waals surface area (Å²) >= 11 is 0. The standard InChI is InChI=1S/C15H24BNO/c1-15(2,3)11-7-8-13-12(10-11)14(6-5-9-17)18-16(13)4/h7-8,10,14H,5-6,9,17H2,1-4H3. The summed E-state index contributed by atoms with van der Waals surface area (Å²) in [7, 11) is 0. The molecule has 0 aromatic heterocycles. The third-order valence-corrected chi connectivity index (χ3v) is 3.78. The fourth-order valence-corrected chi connectivity index (χ4v) is 2.61. The highest BCUT2D eigenvalue weighted by atomic mass is 16.5. The van der Waals surface area contributed by atoms with Gasteiger partial charge in [-0.1, -0.05) is 45.8 Å². The van der Waals surface area contributed by atoms with Crippen LogP contribution in [-0.4, -0.2) is 13.5 Å². The van der Waals surface area contributed by atoms with Gasteiger partial charge >= 0.3 is 6.92 Å². The molecule has 98 valence electrons. The number of hydrogen-bond donors (Lipinski definition) is 1. The monoisotopic (exact) mass is 245 g/mol. The van der Waals surface area contributed by atoms with Crippen LogP contribution in [0.15, 0.2) is 18.2 Å². The second-order valence-electron chi connectivity index (χ2n) is 6.29. The van der Waals surface area contributed by atoms with Crippen molar-refractivity contribution < 1.29 is 4.65 Å². The maximum Gasteiger partial charge on any atom is 0.324 e. The van der Waals surface area contributed by atoms with Crippen LogP contribution in [0.2, 0.25) is 6.82 Å². The molecule has 0 saturated carbocycles. The molecule has 0 radical (unpaired) electrons. The predicted molar refractivity (Wildman–Crippen MR) is 78.5 cm³/mol. The van der Waals surface area contributed by atoms with Crippen molar-refractivity contribution in [1.82, 2.24) is 0 Å². The van der Waals surface area contributed by atoms with Gasteiger partial charge in [-0.05, 0) is 41.4 Å². The first kappa shape index (κ1) is 13.6. The number of fused-ring (bicyclic) bond motifs is 1. The summed E-state index contributed by atoms with van der Waals surface area (Å²) in [5.74, 6) is 0. The molecule has 0 spiro atoms. The molecule has 18 heavy (non-hydrogen) atoms. The normalized spacial score (nSPS) is 19.2. The Morgan fingerprint density at radius 1 is 1.33 bits per heavy atom. The third-order valence-electron chi connectivity index (χ3n) is 3.78. The zero-order chi connectivity index (χ0) is 13.3. The van der Waals surface area contributed by atoms with Crippen LogP contribution in [0.1, 0.15) is 50.8 Å². The second kappa shape index (κ2) is 5.06. The Morgan fingerprint density at radius 2 is 2.06 bits per heavy atom. The smallest absolute Gasteiger partial charge is 0.324 e. The third kappa shape index (κ3) is 2.62. The van der Waals surface area contributed by atoms with E-state index in [-0.39, 0.29) is 18.4 Å². The van der Waals surface area contributed by atoms with Crippen LogP contribution in [0, 0.1) is 0 Å². The molecule has 0 fully saturated rings. The highest BCUT2D eigenvalue weighted by Gasteiger charge is 2.32. The van der Waals surface area contributed by atoms with Gasteiger partial charge in [-0.3, -0.25) is 0 Å². The van der Waals surface area contributed by atoms with Crippen LogP contribution < -0.4 is 11.2 Å². The minimum absolute atomic E-state index is 0.194. The molecule has 1 aliphatic heterocycles. The topological polar surface area (TPSA) is 35.2 Å². The maximum atomic E-state index is 6.05. The Hall–Kier alpha value is -0.795. The summed E-state index contributed by atoms with van der Waals surface area (Å²) in [6, 6.07) is 6.81. The molecule has 3 heteroatoms. The molecule has 2 N–H and O–H groups in total. The summed E-state index contributed by atoms with van der Waals surface area (Å²) in [5.41, 5.74) is 9.91. The lowest BCUT2D eigenvalue weighted by atomic mass is 9.63. The van der Waals surface area contributed by atoms with Gasteiger partial charge in [-0.2, -0.15) is 0 Å². The summed E-state index contributed by atoms with van der Waals surface area (Å²) in [6.45, 7) is 9.85. The second-order valence-corrected chi connectivity index (χ2v) is 6.29. The van der Waals surface area contributed by atoms with Crippen molar-refractivity contribution in [2.24, 2.45) is 5.73 Å². The molecule has 1 aromatic carbocycles. The van der Waals surface area contributed by atoms with Crippen molar-refractivity contribution in [3.05, 3.63) is 29.3 Å². The molecule has 0 bridgehead atoms. The number of benzene rings is 1. The van der Waals surface area contributed by atoms with Gasteiger partial charge in [0.05, 0.1) is 6.10 Å². The van der Waals surface area contributed by atoms with Gasteiger partial charge in [0.1, 0.15) is 0 Å². The van der Waals surface area contributed by atoms with E-state index in [2.05, 4.69) is 45.8 Å². The minimum atomic E-state index is 0.194. The molecule has 0 aliphatic carbocycles. The van der Waals surface area contributed by atoms with Crippen LogP contribution in [0.3, 0.4) is 0 Å². The molecule has 0 saturated heterocycles. The molecule has 1 heterocycles. The van der Waals surface area contributed by atoms with Gasteiger partial charge in [0.2, 0.25) is 0 Å². The lowest BCUT2D eigenvalue weighted by molar-refractivity contribution is 0.211. The van der Waals surface area contributed by atoms with Crippen molar-refractivity contribution in [2.75, 3.05) is 6.54 Å². The van der Waals surface area contributed by atoms with Gasteiger partial charge in [0.25, 0.3) is 0 Å². The fourth-order valence-electron chi connectivity index (χ4n) is 2.61. The van der Waals surface area contributed by atoms with E-state index < -0.39 is 0 Å². The lowest BCUT2D eigenvalue weighted by Gasteiger charge is -2.21. The van der Waals surface area contributed by atoms with E-state index in [1.807, 2.05) is 0 Å². The Balaban J connectivity index is 2.31. The van der Waals surface area contributed by atoms with Gasteiger partial charge in [0, 0.05) is 0 Å². The van der Waals surface area contributed by atoms with Crippen LogP contribution in [0.5, 0.6) is 0 Å². The Kier molecular flexibility index (Phi) is 3.83. The average Bonchev–Trinajstić information content (AvgIpc) is 2.62. The van der Waals surface area contributed by atoms with Crippen molar-refractivity contribution in [2.45, 2.75) is 52.0 Å². The van der Waals surface area contributed by atoms with Gasteiger partial charge in [-0.15, -0.1) is 0 Å². The first-order chi connectivity index (χ1) is 8.43. The van der Waals surface area contributed by atoms with Crippen LogP contribution >= 0.6 is 0 Å². The number of hydrogen-bond acceptors (Lipinski definition) is 2. The summed E-state index contributed by atoms with van der Waals surface area (Å²) < 4.78 is 6.05. The van der Waals surface area contributed by atoms with E-state index in [0.717, 1.165) is 19.4 Å². The molecule has 0 amide bonds.